The Morgan fingerprint density at radius 1 is 1.56 bits per heavy atom. The molecule has 8 nitrogen and oxygen atoms in total. The van der Waals surface area contributed by atoms with Crippen LogP contribution in [0.25, 0.3) is 0 Å². The largest absolute Gasteiger partial charge is 0.337 e. The molecule has 0 bridgehead atoms. The van der Waals surface area contributed by atoms with Crippen LogP contribution in [0.3, 0.4) is 0 Å². The Labute approximate surface area is 148 Å². The third kappa shape index (κ3) is 4.18. The summed E-state index contributed by atoms with van der Waals surface area (Å²) in [6, 6.07) is -1.25. The van der Waals surface area contributed by atoms with Gasteiger partial charge in [0.1, 0.15) is 12.1 Å². The predicted octanol–water partition coefficient (Wildman–Crippen LogP) is 1.86. The van der Waals surface area contributed by atoms with Gasteiger partial charge in [0.05, 0.1) is 0 Å². The van der Waals surface area contributed by atoms with Gasteiger partial charge in [0.15, 0.2) is 5.82 Å². The fourth-order valence-corrected chi connectivity index (χ4v) is 2.62. The second kappa shape index (κ2) is 7.25. The first-order chi connectivity index (χ1) is 11.6. The molecule has 0 aliphatic carbocycles. The van der Waals surface area contributed by atoms with E-state index in [1.807, 2.05) is 20.8 Å². The standard InChI is InChI=1S/C17H27N5O3/c1-7-9-22-10-8-12(14(22)23)21(6)16(24)18-11(2)13-19-15(20-25-13)17(3,4)5/h7,11-12H,1,8-10H2,2-6H3,(H,18,24)/t11-,12+/m0/s1. The van der Waals surface area contributed by atoms with Crippen molar-refractivity contribution in [3.05, 3.63) is 24.4 Å². The highest BCUT2D eigenvalue weighted by Crippen LogP contribution is 2.21. The Hall–Kier alpha value is -2.38. The molecule has 2 rings (SSSR count). The SMILES string of the molecule is C=CCN1CC[C@@H](N(C)C(=O)N[C@@H](C)c2nc(C(C)(C)C)no2)C1=O. The molecule has 0 radical (unpaired) electrons. The molecule has 1 aromatic heterocycles. The molecule has 2 atom stereocenters. The molecule has 3 amide bonds. The number of likely N-dealkylation sites (tertiary alicyclic amines) is 1. The summed E-state index contributed by atoms with van der Waals surface area (Å²) >= 11 is 0. The third-order valence-electron chi connectivity index (χ3n) is 4.23. The zero-order valence-corrected chi connectivity index (χ0v) is 15.6. The van der Waals surface area contributed by atoms with E-state index in [2.05, 4.69) is 22.0 Å². The number of urea groups is 1. The Kier molecular flexibility index (Phi) is 5.49. The molecule has 1 aliphatic rings. The summed E-state index contributed by atoms with van der Waals surface area (Å²) in [5.41, 5.74) is -0.229. The summed E-state index contributed by atoms with van der Waals surface area (Å²) < 4.78 is 5.25. The van der Waals surface area contributed by atoms with E-state index in [1.54, 1.807) is 24.9 Å². The van der Waals surface area contributed by atoms with Gasteiger partial charge in [-0.05, 0) is 13.3 Å². The van der Waals surface area contributed by atoms with Crippen molar-refractivity contribution in [3.63, 3.8) is 0 Å². The molecule has 0 unspecified atom stereocenters. The summed E-state index contributed by atoms with van der Waals surface area (Å²) in [5.74, 6) is 0.874. The van der Waals surface area contributed by atoms with E-state index < -0.39 is 12.1 Å². The van der Waals surface area contributed by atoms with Crippen LogP contribution in [0.2, 0.25) is 0 Å². The third-order valence-corrected chi connectivity index (χ3v) is 4.23. The zero-order valence-electron chi connectivity index (χ0n) is 15.6. The Bertz CT molecular complexity index is 649. The Morgan fingerprint density at radius 2 is 2.24 bits per heavy atom. The number of likely N-dealkylation sites (N-methyl/N-ethyl adjacent to an activating group) is 1. The molecular weight excluding hydrogens is 322 g/mol. The highest BCUT2D eigenvalue weighted by molar-refractivity contribution is 5.88. The molecule has 8 heteroatoms. The summed E-state index contributed by atoms with van der Waals surface area (Å²) in [5, 5.41) is 6.76. The van der Waals surface area contributed by atoms with Crippen LogP contribution in [0.1, 0.15) is 51.9 Å². The fraction of sp³-hybridized carbons (Fsp3) is 0.647. The van der Waals surface area contributed by atoms with Gasteiger partial charge in [0, 0.05) is 25.6 Å². The summed E-state index contributed by atoms with van der Waals surface area (Å²) in [6.07, 6.45) is 2.30. The van der Waals surface area contributed by atoms with Crippen LogP contribution in [0.4, 0.5) is 4.79 Å². The lowest BCUT2D eigenvalue weighted by Gasteiger charge is -2.25. The minimum Gasteiger partial charge on any atom is -0.337 e. The Balaban J connectivity index is 1.98. The normalized spacial score (nSPS) is 19.0. The molecule has 2 heterocycles. The molecular formula is C17H27N5O3. The first-order valence-corrected chi connectivity index (χ1v) is 8.42. The van der Waals surface area contributed by atoms with Crippen molar-refractivity contribution in [1.29, 1.82) is 0 Å². The number of rotatable bonds is 5. The van der Waals surface area contributed by atoms with E-state index in [9.17, 15) is 9.59 Å². The van der Waals surface area contributed by atoms with Gasteiger partial charge >= 0.3 is 6.03 Å². The molecule has 0 aromatic carbocycles. The van der Waals surface area contributed by atoms with E-state index in [4.69, 9.17) is 4.52 Å². The number of hydrogen-bond donors (Lipinski definition) is 1. The molecule has 1 saturated heterocycles. The number of nitrogens with zero attached hydrogens (tertiary/aromatic N) is 4. The number of carbonyl (C=O) groups excluding carboxylic acids is 2. The summed E-state index contributed by atoms with van der Waals surface area (Å²) in [7, 11) is 1.62. The van der Waals surface area contributed by atoms with Gasteiger partial charge in [-0.15, -0.1) is 6.58 Å². The van der Waals surface area contributed by atoms with E-state index in [0.717, 1.165) is 0 Å². The van der Waals surface area contributed by atoms with Crippen molar-refractivity contribution in [3.8, 4) is 0 Å². The molecule has 0 spiro atoms. The second-order valence-electron chi connectivity index (χ2n) is 7.37. The Morgan fingerprint density at radius 3 is 2.80 bits per heavy atom. The number of nitrogens with one attached hydrogen (secondary N) is 1. The average molecular weight is 349 g/mol. The highest BCUT2D eigenvalue weighted by Gasteiger charge is 2.36. The first-order valence-electron chi connectivity index (χ1n) is 8.42. The number of amides is 3. The zero-order chi connectivity index (χ0) is 18.8. The van der Waals surface area contributed by atoms with Gasteiger partial charge in [-0.2, -0.15) is 4.98 Å². The molecule has 1 N–H and O–H groups in total. The van der Waals surface area contributed by atoms with Crippen molar-refractivity contribution in [1.82, 2.24) is 25.3 Å². The number of hydrogen-bond acceptors (Lipinski definition) is 5. The van der Waals surface area contributed by atoms with Gasteiger partial charge in [-0.1, -0.05) is 32.0 Å². The van der Waals surface area contributed by atoms with Crippen molar-refractivity contribution in [2.75, 3.05) is 20.1 Å². The lowest BCUT2D eigenvalue weighted by Crippen LogP contribution is -2.47. The number of carbonyl (C=O) groups is 2. The molecule has 0 saturated carbocycles. The quantitative estimate of drug-likeness (QED) is 0.819. The fourth-order valence-electron chi connectivity index (χ4n) is 2.62. The van der Waals surface area contributed by atoms with Crippen molar-refractivity contribution < 1.29 is 14.1 Å². The van der Waals surface area contributed by atoms with Gasteiger partial charge in [-0.3, -0.25) is 4.79 Å². The predicted molar refractivity (Wildman–Crippen MR) is 92.9 cm³/mol. The maximum absolute atomic E-state index is 12.5. The molecule has 138 valence electrons. The van der Waals surface area contributed by atoms with Crippen molar-refractivity contribution >= 4 is 11.9 Å². The monoisotopic (exact) mass is 349 g/mol. The average Bonchev–Trinajstić information content (AvgIpc) is 3.15. The van der Waals surface area contributed by atoms with Gasteiger partial charge in [0.2, 0.25) is 11.8 Å². The summed E-state index contributed by atoms with van der Waals surface area (Å²) in [4.78, 5) is 32.3. The maximum atomic E-state index is 12.5. The number of aromatic nitrogens is 2. The summed E-state index contributed by atoms with van der Waals surface area (Å²) in [6.45, 7) is 12.5. The van der Waals surface area contributed by atoms with E-state index in [1.165, 1.54) is 4.90 Å². The van der Waals surface area contributed by atoms with Crippen molar-refractivity contribution in [2.24, 2.45) is 0 Å². The van der Waals surface area contributed by atoms with Crippen LogP contribution in [0.15, 0.2) is 17.2 Å². The molecule has 1 fully saturated rings. The molecule has 1 aliphatic heterocycles. The van der Waals surface area contributed by atoms with Crippen LogP contribution in [0.5, 0.6) is 0 Å². The smallest absolute Gasteiger partial charge is 0.318 e. The molecule has 1 aromatic rings. The van der Waals surface area contributed by atoms with E-state index in [-0.39, 0.29) is 17.4 Å². The highest BCUT2D eigenvalue weighted by atomic mass is 16.5. The topological polar surface area (TPSA) is 91.6 Å². The molecule has 25 heavy (non-hydrogen) atoms. The minimum atomic E-state index is -0.458. The van der Waals surface area contributed by atoms with E-state index in [0.29, 0.717) is 31.2 Å². The van der Waals surface area contributed by atoms with Crippen LogP contribution in [0, 0.1) is 0 Å². The van der Waals surface area contributed by atoms with Gasteiger partial charge in [0.25, 0.3) is 0 Å². The van der Waals surface area contributed by atoms with Gasteiger partial charge < -0.3 is 19.6 Å². The van der Waals surface area contributed by atoms with Crippen LogP contribution >= 0.6 is 0 Å². The van der Waals surface area contributed by atoms with Gasteiger partial charge in [-0.25, -0.2) is 4.79 Å². The van der Waals surface area contributed by atoms with Crippen LogP contribution in [-0.4, -0.2) is 58.1 Å². The van der Waals surface area contributed by atoms with Crippen LogP contribution < -0.4 is 5.32 Å². The lowest BCUT2D eigenvalue weighted by molar-refractivity contribution is -0.130. The lowest BCUT2D eigenvalue weighted by atomic mass is 9.96. The first kappa shape index (κ1) is 19.0. The van der Waals surface area contributed by atoms with Crippen LogP contribution in [-0.2, 0) is 10.2 Å². The van der Waals surface area contributed by atoms with Crippen molar-refractivity contribution in [2.45, 2.75) is 51.6 Å². The second-order valence-corrected chi connectivity index (χ2v) is 7.37. The minimum absolute atomic E-state index is 0.0574. The maximum Gasteiger partial charge on any atom is 0.318 e. The van der Waals surface area contributed by atoms with E-state index >= 15 is 0 Å².